The molecule has 1 aliphatic rings. The Morgan fingerprint density at radius 1 is 1.20 bits per heavy atom. The molecule has 0 spiro atoms. The molecule has 0 atom stereocenters. The van der Waals surface area contributed by atoms with Crippen molar-refractivity contribution in [3.05, 3.63) is 30.3 Å². The molecule has 0 aromatic heterocycles. The van der Waals surface area contributed by atoms with Crippen molar-refractivity contribution >= 4 is 30.1 Å². The summed E-state index contributed by atoms with van der Waals surface area (Å²) in [5.74, 6) is 0.532. The van der Waals surface area contributed by atoms with Gasteiger partial charge in [-0.3, -0.25) is 4.79 Å². The molecular formula is C15H23ClN2OS. The molecule has 3 nitrogen and oxygen atoms in total. The Labute approximate surface area is 131 Å². The minimum atomic E-state index is -0.175. The molecule has 0 radical (unpaired) electrons. The lowest BCUT2D eigenvalue weighted by molar-refractivity contribution is -0.118. The molecule has 1 saturated carbocycles. The zero-order valence-corrected chi connectivity index (χ0v) is 13.3. The fraction of sp³-hybridized carbons (Fsp3) is 0.533. The monoisotopic (exact) mass is 314 g/mol. The van der Waals surface area contributed by atoms with E-state index < -0.39 is 0 Å². The molecule has 20 heavy (non-hydrogen) atoms. The van der Waals surface area contributed by atoms with Gasteiger partial charge >= 0.3 is 0 Å². The first-order valence-corrected chi connectivity index (χ1v) is 7.90. The van der Waals surface area contributed by atoms with Crippen LogP contribution in [0.25, 0.3) is 0 Å². The summed E-state index contributed by atoms with van der Waals surface area (Å²) in [4.78, 5) is 12.9. The fourth-order valence-electron chi connectivity index (χ4n) is 2.42. The van der Waals surface area contributed by atoms with E-state index in [2.05, 4.69) is 5.32 Å². The molecule has 0 aliphatic heterocycles. The van der Waals surface area contributed by atoms with Gasteiger partial charge in [0.1, 0.15) is 0 Å². The largest absolute Gasteiger partial charge is 0.354 e. The molecule has 1 amide bonds. The molecular weight excluding hydrogens is 292 g/mol. The van der Waals surface area contributed by atoms with Crippen molar-refractivity contribution in [2.24, 2.45) is 5.73 Å². The van der Waals surface area contributed by atoms with E-state index in [4.69, 9.17) is 5.73 Å². The minimum Gasteiger partial charge on any atom is -0.354 e. The van der Waals surface area contributed by atoms with Crippen molar-refractivity contribution in [2.75, 3.05) is 12.3 Å². The first-order chi connectivity index (χ1) is 9.18. The van der Waals surface area contributed by atoms with Crippen molar-refractivity contribution in [2.45, 2.75) is 42.5 Å². The maximum atomic E-state index is 11.8. The zero-order chi connectivity index (χ0) is 13.6. The van der Waals surface area contributed by atoms with Crippen molar-refractivity contribution in [3.63, 3.8) is 0 Å². The Hall–Kier alpha value is -0.710. The van der Waals surface area contributed by atoms with E-state index in [1.54, 1.807) is 11.8 Å². The Kier molecular flexibility index (Phi) is 7.41. The second kappa shape index (κ2) is 8.55. The number of carbonyl (C=O) groups excluding carboxylic acids is 1. The van der Waals surface area contributed by atoms with Crippen LogP contribution in [0.1, 0.15) is 32.1 Å². The van der Waals surface area contributed by atoms with Crippen molar-refractivity contribution < 1.29 is 4.79 Å². The van der Waals surface area contributed by atoms with E-state index in [1.165, 1.54) is 19.3 Å². The standard InChI is InChI=1S/C15H22N2OS.ClH/c16-15(9-5-2-6-10-15)12-17-14(18)11-19-13-7-3-1-4-8-13;/h1,3-4,7-8H,2,5-6,9-12,16H2,(H,17,18);1H. The molecule has 3 N–H and O–H groups in total. The number of hydrogen-bond acceptors (Lipinski definition) is 3. The smallest absolute Gasteiger partial charge is 0.230 e. The molecule has 0 saturated heterocycles. The Bertz CT molecular complexity index is 408. The molecule has 1 fully saturated rings. The molecule has 1 aliphatic carbocycles. The number of nitrogens with one attached hydrogen (secondary N) is 1. The molecule has 0 unspecified atom stereocenters. The van der Waals surface area contributed by atoms with E-state index >= 15 is 0 Å². The summed E-state index contributed by atoms with van der Waals surface area (Å²) in [7, 11) is 0. The van der Waals surface area contributed by atoms with E-state index in [0.717, 1.165) is 17.7 Å². The quantitative estimate of drug-likeness (QED) is 0.822. The highest BCUT2D eigenvalue weighted by molar-refractivity contribution is 8.00. The Morgan fingerprint density at radius 3 is 2.50 bits per heavy atom. The average Bonchev–Trinajstić information content (AvgIpc) is 2.45. The summed E-state index contributed by atoms with van der Waals surface area (Å²) in [5.41, 5.74) is 6.12. The zero-order valence-electron chi connectivity index (χ0n) is 11.6. The molecule has 0 heterocycles. The maximum absolute atomic E-state index is 11.8. The van der Waals surface area contributed by atoms with Crippen LogP contribution in [-0.4, -0.2) is 23.7 Å². The van der Waals surface area contributed by atoms with Crippen LogP contribution < -0.4 is 11.1 Å². The third kappa shape index (κ3) is 5.73. The van der Waals surface area contributed by atoms with Gasteiger partial charge in [0.2, 0.25) is 5.91 Å². The summed E-state index contributed by atoms with van der Waals surface area (Å²) in [5, 5.41) is 2.98. The Morgan fingerprint density at radius 2 is 1.85 bits per heavy atom. The number of amides is 1. The highest BCUT2D eigenvalue weighted by atomic mass is 35.5. The molecule has 112 valence electrons. The lowest BCUT2D eigenvalue weighted by Crippen LogP contribution is -2.51. The minimum absolute atomic E-state index is 0. The van der Waals surface area contributed by atoms with Gasteiger partial charge in [-0.25, -0.2) is 0 Å². The predicted octanol–water partition coefficient (Wildman–Crippen LogP) is 2.98. The summed E-state index contributed by atoms with van der Waals surface area (Å²) in [6.45, 7) is 0.612. The van der Waals surface area contributed by atoms with E-state index in [0.29, 0.717) is 12.3 Å². The third-order valence-electron chi connectivity index (χ3n) is 3.60. The highest BCUT2D eigenvalue weighted by Crippen LogP contribution is 2.25. The van der Waals surface area contributed by atoms with Crippen molar-refractivity contribution in [1.29, 1.82) is 0 Å². The number of rotatable bonds is 5. The van der Waals surface area contributed by atoms with Crippen LogP contribution in [0, 0.1) is 0 Å². The van der Waals surface area contributed by atoms with Crippen LogP contribution in [0.5, 0.6) is 0 Å². The molecule has 1 aromatic carbocycles. The summed E-state index contributed by atoms with van der Waals surface area (Å²) >= 11 is 1.56. The fourth-order valence-corrected chi connectivity index (χ4v) is 3.17. The number of thioether (sulfide) groups is 1. The molecule has 5 heteroatoms. The topological polar surface area (TPSA) is 55.1 Å². The SMILES string of the molecule is Cl.NC1(CNC(=O)CSc2ccccc2)CCCCC1. The average molecular weight is 315 g/mol. The van der Waals surface area contributed by atoms with Crippen LogP contribution in [0.2, 0.25) is 0 Å². The molecule has 1 aromatic rings. The number of nitrogens with two attached hydrogens (primary N) is 1. The summed E-state index contributed by atoms with van der Waals surface area (Å²) < 4.78 is 0. The number of carbonyl (C=O) groups is 1. The van der Waals surface area contributed by atoms with Crippen LogP contribution in [0.3, 0.4) is 0 Å². The Balaban J connectivity index is 0.00000200. The third-order valence-corrected chi connectivity index (χ3v) is 4.61. The van der Waals surface area contributed by atoms with Gasteiger partial charge < -0.3 is 11.1 Å². The predicted molar refractivity (Wildman–Crippen MR) is 87.4 cm³/mol. The second-order valence-corrected chi connectivity index (χ2v) is 6.35. The highest BCUT2D eigenvalue weighted by Gasteiger charge is 2.27. The number of hydrogen-bond donors (Lipinski definition) is 2. The van der Waals surface area contributed by atoms with Gasteiger partial charge in [0, 0.05) is 17.0 Å². The van der Waals surface area contributed by atoms with E-state index in [9.17, 15) is 4.79 Å². The lowest BCUT2D eigenvalue weighted by atomic mass is 9.82. The second-order valence-electron chi connectivity index (χ2n) is 5.30. The van der Waals surface area contributed by atoms with Gasteiger partial charge in [-0.15, -0.1) is 24.2 Å². The van der Waals surface area contributed by atoms with E-state index in [-0.39, 0.29) is 23.9 Å². The first kappa shape index (κ1) is 17.3. The van der Waals surface area contributed by atoms with Gasteiger partial charge in [0.05, 0.1) is 5.75 Å². The van der Waals surface area contributed by atoms with Gasteiger partial charge in [0.15, 0.2) is 0 Å². The molecule has 2 rings (SSSR count). The maximum Gasteiger partial charge on any atom is 0.230 e. The van der Waals surface area contributed by atoms with Crippen molar-refractivity contribution in [3.8, 4) is 0 Å². The van der Waals surface area contributed by atoms with Gasteiger partial charge in [-0.1, -0.05) is 37.5 Å². The lowest BCUT2D eigenvalue weighted by Gasteiger charge is -2.33. The van der Waals surface area contributed by atoms with Crippen molar-refractivity contribution in [1.82, 2.24) is 5.32 Å². The summed E-state index contributed by atoms with van der Waals surface area (Å²) in [6, 6.07) is 9.98. The van der Waals surface area contributed by atoms with Gasteiger partial charge in [0.25, 0.3) is 0 Å². The van der Waals surface area contributed by atoms with Crippen LogP contribution in [-0.2, 0) is 4.79 Å². The normalized spacial score (nSPS) is 17.1. The van der Waals surface area contributed by atoms with E-state index in [1.807, 2.05) is 30.3 Å². The van der Waals surface area contributed by atoms with Crippen LogP contribution >= 0.6 is 24.2 Å². The van der Waals surface area contributed by atoms with Crippen LogP contribution in [0.15, 0.2) is 35.2 Å². The molecule has 0 bridgehead atoms. The first-order valence-electron chi connectivity index (χ1n) is 6.91. The number of halogens is 1. The number of benzene rings is 1. The van der Waals surface area contributed by atoms with Gasteiger partial charge in [-0.2, -0.15) is 0 Å². The summed E-state index contributed by atoms with van der Waals surface area (Å²) in [6.07, 6.45) is 5.70. The van der Waals surface area contributed by atoms with Gasteiger partial charge in [-0.05, 0) is 25.0 Å². The van der Waals surface area contributed by atoms with Crippen LogP contribution in [0.4, 0.5) is 0 Å².